The Kier molecular flexibility index (Phi) is 6.78. The van der Waals surface area contributed by atoms with Crippen molar-refractivity contribution >= 4 is 64.0 Å². The van der Waals surface area contributed by atoms with Crippen LogP contribution in [0.4, 0.5) is 16.2 Å². The van der Waals surface area contributed by atoms with Gasteiger partial charge in [-0.25, -0.2) is 4.79 Å². The Hall–Kier alpha value is -1.67. The molecule has 2 amide bonds. The highest BCUT2D eigenvalue weighted by atomic mass is 35.5. The quantitative estimate of drug-likeness (QED) is 0.469. The molecule has 0 heterocycles. The zero-order chi connectivity index (χ0) is 18.6. The van der Waals surface area contributed by atoms with Gasteiger partial charge in [-0.1, -0.05) is 46.6 Å². The van der Waals surface area contributed by atoms with Crippen LogP contribution in [0.3, 0.4) is 0 Å². The molecule has 6 nitrogen and oxygen atoms in total. The fourth-order valence-corrected chi connectivity index (χ4v) is 3.70. The number of amides is 2. The first-order valence-corrected chi connectivity index (χ1v) is 8.92. The van der Waals surface area contributed by atoms with E-state index in [0.717, 1.165) is 0 Å². The number of hydrogen-bond donors (Lipinski definition) is 2. The largest absolute Gasteiger partial charge is 0.338 e. The summed E-state index contributed by atoms with van der Waals surface area (Å²) in [5.41, 5.74) is 0.341. The van der Waals surface area contributed by atoms with Gasteiger partial charge in [0.1, 0.15) is 0 Å². The van der Waals surface area contributed by atoms with Crippen LogP contribution in [0.5, 0.6) is 0 Å². The molecule has 0 aliphatic rings. The molecule has 0 aromatic heterocycles. The molecular weight excluding hydrogens is 409 g/mol. The van der Waals surface area contributed by atoms with E-state index >= 15 is 0 Å². The number of urea groups is 1. The van der Waals surface area contributed by atoms with Gasteiger partial charge in [-0.3, -0.25) is 10.1 Å². The Balaban J connectivity index is 2.26. The molecule has 10 heteroatoms. The Bertz CT molecular complexity index is 810. The highest BCUT2D eigenvalue weighted by molar-refractivity contribution is 7.99. The van der Waals surface area contributed by atoms with Crippen LogP contribution in [0.2, 0.25) is 15.1 Å². The van der Waals surface area contributed by atoms with Crippen LogP contribution in [0.25, 0.3) is 0 Å². The van der Waals surface area contributed by atoms with E-state index in [-0.39, 0.29) is 16.7 Å². The standard InChI is InChI=1S/C15H12Cl3N3O3S/c1-2-19-15(22)20-8-5-11(17)14(12(18)6-8)25-13-4-3-9(21(23)24)7-10(13)16/h3-7H,2H2,1H3,(H2,19,20,22). The summed E-state index contributed by atoms with van der Waals surface area (Å²) < 4.78 is 0. The van der Waals surface area contributed by atoms with E-state index < -0.39 is 4.92 Å². The maximum Gasteiger partial charge on any atom is 0.319 e. The van der Waals surface area contributed by atoms with Crippen molar-refractivity contribution < 1.29 is 9.72 Å². The summed E-state index contributed by atoms with van der Waals surface area (Å²) in [6.07, 6.45) is 0. The van der Waals surface area contributed by atoms with E-state index in [9.17, 15) is 14.9 Å². The molecule has 2 aromatic rings. The van der Waals surface area contributed by atoms with Crippen LogP contribution < -0.4 is 10.6 Å². The normalized spacial score (nSPS) is 10.4. The average Bonchev–Trinajstić information content (AvgIpc) is 2.52. The van der Waals surface area contributed by atoms with Crippen LogP contribution in [0, 0.1) is 10.1 Å². The molecule has 132 valence electrons. The number of nitrogens with one attached hydrogen (secondary N) is 2. The number of nitrogens with zero attached hydrogens (tertiary/aromatic N) is 1. The molecule has 0 unspecified atom stereocenters. The third-order valence-corrected chi connectivity index (χ3v) is 5.40. The van der Waals surface area contributed by atoms with Crippen molar-refractivity contribution in [1.29, 1.82) is 0 Å². The van der Waals surface area contributed by atoms with Crippen LogP contribution in [0.15, 0.2) is 40.1 Å². The van der Waals surface area contributed by atoms with Gasteiger partial charge >= 0.3 is 6.03 Å². The highest BCUT2D eigenvalue weighted by Crippen LogP contribution is 2.43. The molecule has 0 bridgehead atoms. The highest BCUT2D eigenvalue weighted by Gasteiger charge is 2.15. The molecular formula is C15H12Cl3N3O3S. The lowest BCUT2D eigenvalue weighted by molar-refractivity contribution is -0.384. The minimum Gasteiger partial charge on any atom is -0.338 e. The molecule has 25 heavy (non-hydrogen) atoms. The topological polar surface area (TPSA) is 84.3 Å². The fraction of sp³-hybridized carbons (Fsp3) is 0.133. The number of carbonyl (C=O) groups excluding carboxylic acids is 1. The van der Waals surface area contributed by atoms with Crippen molar-refractivity contribution in [2.24, 2.45) is 0 Å². The first kappa shape index (κ1) is 19.7. The first-order valence-electron chi connectivity index (χ1n) is 6.97. The minimum absolute atomic E-state index is 0.104. The van der Waals surface area contributed by atoms with E-state index in [0.29, 0.717) is 32.1 Å². The monoisotopic (exact) mass is 419 g/mol. The Morgan fingerprint density at radius 1 is 1.16 bits per heavy atom. The van der Waals surface area contributed by atoms with Crippen molar-refractivity contribution in [2.75, 3.05) is 11.9 Å². The molecule has 0 radical (unpaired) electrons. The van der Waals surface area contributed by atoms with Crippen LogP contribution in [0.1, 0.15) is 6.92 Å². The van der Waals surface area contributed by atoms with Gasteiger partial charge in [0.05, 0.1) is 20.0 Å². The summed E-state index contributed by atoms with van der Waals surface area (Å²) in [6.45, 7) is 2.28. The van der Waals surface area contributed by atoms with Crippen LogP contribution in [-0.2, 0) is 0 Å². The lowest BCUT2D eigenvalue weighted by Gasteiger charge is -2.12. The molecule has 0 saturated heterocycles. The third kappa shape index (κ3) is 5.15. The second-order valence-electron chi connectivity index (χ2n) is 4.73. The number of carbonyl (C=O) groups is 1. The van der Waals surface area contributed by atoms with Gasteiger partial charge in [0.25, 0.3) is 5.69 Å². The van der Waals surface area contributed by atoms with E-state index in [2.05, 4.69) is 10.6 Å². The van der Waals surface area contributed by atoms with Gasteiger partial charge < -0.3 is 10.6 Å². The predicted octanol–water partition coefficient (Wildman–Crippen LogP) is 5.85. The number of rotatable bonds is 5. The molecule has 0 aliphatic heterocycles. The van der Waals surface area contributed by atoms with Gasteiger partial charge in [0.2, 0.25) is 0 Å². The molecule has 2 rings (SSSR count). The fourth-order valence-electron chi connectivity index (χ4n) is 1.86. The third-order valence-electron chi connectivity index (χ3n) is 2.93. The second-order valence-corrected chi connectivity index (χ2v) is 7.00. The van der Waals surface area contributed by atoms with Crippen molar-refractivity contribution in [3.63, 3.8) is 0 Å². The number of halogens is 3. The molecule has 0 fully saturated rings. The van der Waals surface area contributed by atoms with Gasteiger partial charge in [0, 0.05) is 34.2 Å². The van der Waals surface area contributed by atoms with Crippen molar-refractivity contribution in [1.82, 2.24) is 5.32 Å². The molecule has 2 N–H and O–H groups in total. The van der Waals surface area contributed by atoms with E-state index in [1.54, 1.807) is 19.1 Å². The number of hydrogen-bond acceptors (Lipinski definition) is 4. The van der Waals surface area contributed by atoms with Crippen LogP contribution in [-0.4, -0.2) is 17.5 Å². The van der Waals surface area contributed by atoms with E-state index in [4.69, 9.17) is 34.8 Å². The Morgan fingerprint density at radius 2 is 1.80 bits per heavy atom. The van der Waals surface area contributed by atoms with Crippen LogP contribution >= 0.6 is 46.6 Å². The molecule has 0 aliphatic carbocycles. The summed E-state index contributed by atoms with van der Waals surface area (Å²) in [7, 11) is 0. The molecule has 0 spiro atoms. The minimum atomic E-state index is -0.526. The van der Waals surface area contributed by atoms with E-state index in [1.807, 2.05) is 0 Å². The van der Waals surface area contributed by atoms with Crippen molar-refractivity contribution in [3.8, 4) is 0 Å². The Morgan fingerprint density at radius 3 is 2.32 bits per heavy atom. The number of non-ortho nitro benzene ring substituents is 1. The average molecular weight is 421 g/mol. The number of benzene rings is 2. The van der Waals surface area contributed by atoms with E-state index in [1.165, 1.54) is 30.0 Å². The van der Waals surface area contributed by atoms with Gasteiger partial charge in [-0.15, -0.1) is 0 Å². The summed E-state index contributed by atoms with van der Waals surface area (Å²) >= 11 is 19.8. The number of nitro groups is 1. The van der Waals surface area contributed by atoms with Gasteiger partial charge in [-0.05, 0) is 25.1 Å². The number of anilines is 1. The summed E-state index contributed by atoms with van der Waals surface area (Å²) in [5.74, 6) is 0. The van der Waals surface area contributed by atoms with Crippen molar-refractivity contribution in [2.45, 2.75) is 16.7 Å². The van der Waals surface area contributed by atoms with Gasteiger partial charge in [0.15, 0.2) is 0 Å². The zero-order valence-corrected chi connectivity index (χ0v) is 15.9. The lowest BCUT2D eigenvalue weighted by atomic mass is 10.3. The van der Waals surface area contributed by atoms with Gasteiger partial charge in [-0.2, -0.15) is 0 Å². The van der Waals surface area contributed by atoms with Crippen molar-refractivity contribution in [3.05, 3.63) is 55.5 Å². The first-order chi connectivity index (χ1) is 11.8. The zero-order valence-electron chi connectivity index (χ0n) is 12.8. The molecule has 0 saturated carbocycles. The molecule has 0 atom stereocenters. The predicted molar refractivity (Wildman–Crippen MR) is 101 cm³/mol. The summed E-state index contributed by atoms with van der Waals surface area (Å²) in [6, 6.07) is 6.89. The maximum absolute atomic E-state index is 11.6. The SMILES string of the molecule is CCNC(=O)Nc1cc(Cl)c(Sc2ccc([N+](=O)[O-])cc2Cl)c(Cl)c1. The Labute approximate surface area is 163 Å². The maximum atomic E-state index is 11.6. The summed E-state index contributed by atoms with van der Waals surface area (Å²) in [5, 5.41) is 16.8. The second kappa shape index (κ2) is 8.62. The molecule has 2 aromatic carbocycles. The summed E-state index contributed by atoms with van der Waals surface area (Å²) in [4.78, 5) is 22.9. The smallest absolute Gasteiger partial charge is 0.319 e. The lowest BCUT2D eigenvalue weighted by Crippen LogP contribution is -2.28. The number of nitro benzene ring substituents is 1.